The molecule has 3 N–H and O–H groups in total. The topological polar surface area (TPSA) is 98.0 Å². The molecule has 6 nitrogen and oxygen atoms in total. The van der Waals surface area contributed by atoms with Crippen molar-refractivity contribution in [3.05, 3.63) is 57.9 Å². The molecular weight excluding hydrogens is 383 g/mol. The average Bonchev–Trinajstić information content (AvgIpc) is 3.45. The first kappa shape index (κ1) is 20.4. The van der Waals surface area contributed by atoms with Crippen molar-refractivity contribution in [1.82, 2.24) is 15.3 Å². The van der Waals surface area contributed by atoms with Gasteiger partial charge in [0.1, 0.15) is 11.5 Å². The van der Waals surface area contributed by atoms with Crippen LogP contribution in [0.4, 0.5) is 4.39 Å². The lowest BCUT2D eigenvalue weighted by molar-refractivity contribution is -0.118. The Bertz CT molecular complexity index is 910. The molecule has 1 aliphatic rings. The lowest BCUT2D eigenvalue weighted by Crippen LogP contribution is -2.35. The van der Waals surface area contributed by atoms with E-state index in [4.69, 9.17) is 17.3 Å². The van der Waals surface area contributed by atoms with Crippen LogP contribution < -0.4 is 11.1 Å². The van der Waals surface area contributed by atoms with Gasteiger partial charge in [0.15, 0.2) is 0 Å². The summed E-state index contributed by atoms with van der Waals surface area (Å²) in [6, 6.07) is 2.55. The highest BCUT2D eigenvalue weighted by Gasteiger charge is 2.36. The third-order valence-corrected chi connectivity index (χ3v) is 5.08. The molecule has 8 heteroatoms. The van der Waals surface area contributed by atoms with Crippen molar-refractivity contribution >= 4 is 23.3 Å². The molecule has 1 aromatic carbocycles. The summed E-state index contributed by atoms with van der Waals surface area (Å²) in [5, 5.41) is 3.30. The number of carbonyl (C=O) groups is 2. The Morgan fingerprint density at radius 2 is 2.07 bits per heavy atom. The van der Waals surface area contributed by atoms with Crippen LogP contribution in [-0.2, 0) is 4.79 Å². The van der Waals surface area contributed by atoms with Gasteiger partial charge in [0.2, 0.25) is 11.7 Å². The van der Waals surface area contributed by atoms with Crippen molar-refractivity contribution in [1.29, 1.82) is 0 Å². The minimum Gasteiger partial charge on any atom is -0.370 e. The molecule has 0 saturated heterocycles. The van der Waals surface area contributed by atoms with Crippen molar-refractivity contribution in [2.75, 3.05) is 0 Å². The summed E-state index contributed by atoms with van der Waals surface area (Å²) in [7, 11) is 0. The molecule has 1 aliphatic carbocycles. The van der Waals surface area contributed by atoms with Gasteiger partial charge in [0, 0.05) is 33.1 Å². The summed E-state index contributed by atoms with van der Waals surface area (Å²) in [5.74, 6) is -1.49. The van der Waals surface area contributed by atoms with E-state index in [-0.39, 0.29) is 43.6 Å². The van der Waals surface area contributed by atoms with E-state index in [1.165, 1.54) is 18.5 Å². The molecule has 0 aliphatic heterocycles. The SMILES string of the molecule is Cc1cnc(C(=O)c2c(Cl)ccc([C@H](N[C@@H](C)CC(N)=O)C3CC3)c2F)cn1.[HH].[HH]. The van der Waals surface area contributed by atoms with E-state index in [1.807, 2.05) is 6.92 Å². The fourth-order valence-electron chi connectivity index (χ4n) is 3.23. The number of halogens is 2. The van der Waals surface area contributed by atoms with Gasteiger partial charge >= 0.3 is 0 Å². The standard InChI is InChI=1S/C20H22ClFN4O2.2H2/c1-10(7-16(23)27)26-19(12-3-4-12)13-5-6-14(21)17(18(13)22)20(28)15-9-24-11(2)8-25-15;;/h5-6,8-10,12,19,26H,3-4,7H2,1-2H3,(H2,23,27);2*1H/t10-,19+;;/m0../s1. The smallest absolute Gasteiger partial charge is 0.218 e. The maximum atomic E-state index is 15.4. The number of benzene rings is 1. The van der Waals surface area contributed by atoms with Gasteiger partial charge < -0.3 is 11.1 Å². The predicted octanol–water partition coefficient (Wildman–Crippen LogP) is 3.61. The molecule has 3 rings (SSSR count). The predicted molar refractivity (Wildman–Crippen MR) is 108 cm³/mol. The zero-order valence-electron chi connectivity index (χ0n) is 15.7. The van der Waals surface area contributed by atoms with E-state index in [1.54, 1.807) is 13.0 Å². The number of rotatable bonds is 8. The average molecular weight is 409 g/mol. The van der Waals surface area contributed by atoms with Crippen molar-refractivity contribution in [3.8, 4) is 0 Å². The molecule has 1 saturated carbocycles. The Hall–Kier alpha value is -2.38. The minimum atomic E-state index is -0.671. The number of primary amides is 1. The Balaban J connectivity index is 0.00000225. The molecule has 28 heavy (non-hydrogen) atoms. The van der Waals surface area contributed by atoms with Crippen molar-refractivity contribution in [2.24, 2.45) is 11.7 Å². The second-order valence-electron chi connectivity index (χ2n) is 7.25. The number of aryl methyl sites for hydroxylation is 1. The maximum Gasteiger partial charge on any atom is 0.218 e. The van der Waals surface area contributed by atoms with Crippen LogP contribution in [0.2, 0.25) is 5.02 Å². The van der Waals surface area contributed by atoms with Crippen LogP contribution in [0.15, 0.2) is 24.5 Å². The largest absolute Gasteiger partial charge is 0.370 e. The highest BCUT2D eigenvalue weighted by Crippen LogP contribution is 2.43. The van der Waals surface area contributed by atoms with E-state index in [9.17, 15) is 9.59 Å². The summed E-state index contributed by atoms with van der Waals surface area (Å²) < 4.78 is 15.4. The number of amides is 1. The van der Waals surface area contributed by atoms with Gasteiger partial charge in [-0.25, -0.2) is 9.37 Å². The first-order valence-electron chi connectivity index (χ1n) is 9.13. The van der Waals surface area contributed by atoms with Crippen molar-refractivity contribution < 1.29 is 16.8 Å². The molecule has 0 radical (unpaired) electrons. The Morgan fingerprint density at radius 3 is 2.64 bits per heavy atom. The summed E-state index contributed by atoms with van der Waals surface area (Å²) in [6.07, 6.45) is 4.78. The second-order valence-corrected chi connectivity index (χ2v) is 7.66. The van der Waals surface area contributed by atoms with Crippen molar-refractivity contribution in [2.45, 2.75) is 45.2 Å². The monoisotopic (exact) mass is 408 g/mol. The van der Waals surface area contributed by atoms with Gasteiger partial charge in [-0.05, 0) is 38.7 Å². The molecule has 2 atom stereocenters. The number of hydrogen-bond acceptors (Lipinski definition) is 5. The number of aromatic nitrogens is 2. The second kappa shape index (κ2) is 8.32. The fraction of sp³-hybridized carbons (Fsp3) is 0.400. The molecule has 1 fully saturated rings. The van der Waals surface area contributed by atoms with Crippen LogP contribution >= 0.6 is 11.6 Å². The van der Waals surface area contributed by atoms with Gasteiger partial charge in [0.05, 0.1) is 22.5 Å². The normalized spacial score (nSPS) is 15.9. The lowest BCUT2D eigenvalue weighted by Gasteiger charge is -2.24. The summed E-state index contributed by atoms with van der Waals surface area (Å²) in [5.41, 5.74) is 6.08. The number of hydrogen-bond donors (Lipinski definition) is 2. The van der Waals surface area contributed by atoms with E-state index < -0.39 is 17.5 Å². The molecule has 0 unspecified atom stereocenters. The van der Waals surface area contributed by atoms with E-state index >= 15 is 4.39 Å². The van der Waals surface area contributed by atoms with E-state index in [2.05, 4.69) is 15.3 Å². The number of nitrogens with one attached hydrogen (secondary N) is 1. The van der Waals surface area contributed by atoms with Gasteiger partial charge in [-0.1, -0.05) is 17.7 Å². The Kier molecular flexibility index (Phi) is 6.05. The number of carbonyl (C=O) groups excluding carboxylic acids is 2. The van der Waals surface area contributed by atoms with Gasteiger partial charge in [-0.3, -0.25) is 14.6 Å². The highest BCUT2D eigenvalue weighted by atomic mass is 35.5. The van der Waals surface area contributed by atoms with Crippen LogP contribution in [0, 0.1) is 18.7 Å². The molecule has 0 spiro atoms. The zero-order valence-corrected chi connectivity index (χ0v) is 16.5. The van der Waals surface area contributed by atoms with Crippen LogP contribution in [0.3, 0.4) is 0 Å². The molecular formula is C20H26ClFN4O2. The number of nitrogens with zero attached hydrogens (tertiary/aromatic N) is 2. The minimum absolute atomic E-state index is 0. The molecule has 0 bridgehead atoms. The highest BCUT2D eigenvalue weighted by molar-refractivity contribution is 6.34. The summed E-state index contributed by atoms with van der Waals surface area (Å²) in [6.45, 7) is 3.57. The Morgan fingerprint density at radius 1 is 1.36 bits per heavy atom. The molecule has 152 valence electrons. The zero-order chi connectivity index (χ0) is 20.4. The van der Waals surface area contributed by atoms with Gasteiger partial charge in [-0.15, -0.1) is 0 Å². The van der Waals surface area contributed by atoms with Crippen molar-refractivity contribution in [3.63, 3.8) is 0 Å². The third kappa shape index (κ3) is 4.54. The lowest BCUT2D eigenvalue weighted by atomic mass is 9.95. The summed E-state index contributed by atoms with van der Waals surface area (Å²) in [4.78, 5) is 32.1. The first-order valence-corrected chi connectivity index (χ1v) is 9.51. The first-order chi connectivity index (χ1) is 13.3. The molecule has 1 amide bonds. The molecule has 2 aromatic rings. The maximum absolute atomic E-state index is 15.4. The van der Waals surface area contributed by atoms with E-state index in [0.717, 1.165) is 12.8 Å². The summed E-state index contributed by atoms with van der Waals surface area (Å²) >= 11 is 6.16. The number of nitrogens with two attached hydrogens (primary N) is 1. The van der Waals surface area contributed by atoms with Crippen LogP contribution in [0.25, 0.3) is 0 Å². The van der Waals surface area contributed by atoms with Crippen LogP contribution in [-0.4, -0.2) is 27.7 Å². The fourth-order valence-corrected chi connectivity index (χ4v) is 3.46. The number of ketones is 1. The molecule has 1 aromatic heterocycles. The van der Waals surface area contributed by atoms with Gasteiger partial charge in [-0.2, -0.15) is 0 Å². The Labute approximate surface area is 170 Å². The third-order valence-electron chi connectivity index (χ3n) is 4.76. The van der Waals surface area contributed by atoms with Crippen LogP contribution in [0.1, 0.15) is 62.4 Å². The molecule has 1 heterocycles. The quantitative estimate of drug-likeness (QED) is 0.650. The van der Waals surface area contributed by atoms with E-state index in [0.29, 0.717) is 11.3 Å². The van der Waals surface area contributed by atoms with Crippen LogP contribution in [0.5, 0.6) is 0 Å². The van der Waals surface area contributed by atoms with Gasteiger partial charge in [0.25, 0.3) is 0 Å².